The molecule has 9 heteroatoms. The quantitative estimate of drug-likeness (QED) is 0.239. The fourth-order valence-corrected chi connectivity index (χ4v) is 3.69. The maximum absolute atomic E-state index is 13.5. The number of carbonyl (C=O) groups excluding carboxylic acids is 3. The zero-order valence-corrected chi connectivity index (χ0v) is 20.7. The molecule has 2 amide bonds. The molecule has 0 saturated heterocycles. The van der Waals surface area contributed by atoms with Crippen LogP contribution < -0.4 is 16.0 Å². The summed E-state index contributed by atoms with van der Waals surface area (Å²) in [6, 6.07) is 18.3. The van der Waals surface area contributed by atoms with E-state index >= 15 is 0 Å². The van der Waals surface area contributed by atoms with Crippen LogP contribution in [0.3, 0.4) is 0 Å². The van der Waals surface area contributed by atoms with Crippen LogP contribution in [0.2, 0.25) is 0 Å². The smallest absolute Gasteiger partial charge is 0.307 e. The lowest BCUT2D eigenvalue weighted by molar-refractivity contribution is -0.141. The summed E-state index contributed by atoms with van der Waals surface area (Å²) < 4.78 is 18.3. The molecule has 3 aromatic rings. The molecule has 3 rings (SSSR count). The molecule has 1 atom stereocenters. The minimum absolute atomic E-state index is 0.0707. The number of carbonyl (C=O) groups is 3. The van der Waals surface area contributed by atoms with Gasteiger partial charge in [-0.1, -0.05) is 42.5 Å². The van der Waals surface area contributed by atoms with Gasteiger partial charge in [-0.3, -0.25) is 14.4 Å². The normalized spacial score (nSPS) is 11.3. The van der Waals surface area contributed by atoms with Crippen LogP contribution in [0.25, 0.3) is 11.1 Å². The van der Waals surface area contributed by atoms with Crippen molar-refractivity contribution in [3.8, 4) is 11.1 Å². The van der Waals surface area contributed by atoms with Crippen molar-refractivity contribution < 1.29 is 23.5 Å². The van der Waals surface area contributed by atoms with Crippen LogP contribution in [0.5, 0.6) is 0 Å². The number of benzene rings is 2. The Kier molecular flexibility index (Phi) is 10.6. The first kappa shape index (κ1) is 27.3. The molecule has 2 aromatic carbocycles. The largest absolute Gasteiger partial charge is 0.469 e. The summed E-state index contributed by atoms with van der Waals surface area (Å²) in [4.78, 5) is 40.8. The molecule has 1 unspecified atom stereocenters. The van der Waals surface area contributed by atoms with Crippen LogP contribution in [0, 0.1) is 5.82 Å². The van der Waals surface area contributed by atoms with Gasteiger partial charge in [0.05, 0.1) is 26.1 Å². The number of hydrogen-bond donors (Lipinski definition) is 3. The standard InChI is InChI=1S/C28H31FN4O4/c1-37-28(36)18-24(21-13-11-20(12-14-21)22-7-6-8-23(29)17-22)33-27(35)19-32-26(34)10-3-5-16-31-25-9-2-4-15-30-25/h2,4,6-9,11-15,17,24H,3,5,10,16,18-19H2,1H3,(H,30,31)(H,32,34)(H,33,35). The lowest BCUT2D eigenvalue weighted by atomic mass is 9.99. The first-order valence-electron chi connectivity index (χ1n) is 12.1. The molecule has 0 fully saturated rings. The summed E-state index contributed by atoms with van der Waals surface area (Å²) in [5.74, 6) is -0.678. The Morgan fingerprint density at radius 2 is 1.76 bits per heavy atom. The third kappa shape index (κ3) is 9.36. The highest BCUT2D eigenvalue weighted by Gasteiger charge is 2.19. The van der Waals surface area contributed by atoms with E-state index in [2.05, 4.69) is 20.9 Å². The summed E-state index contributed by atoms with van der Waals surface area (Å²) >= 11 is 0. The maximum Gasteiger partial charge on any atom is 0.307 e. The van der Waals surface area contributed by atoms with E-state index < -0.39 is 17.9 Å². The summed E-state index contributed by atoms with van der Waals surface area (Å²) in [5.41, 5.74) is 2.20. The summed E-state index contributed by atoms with van der Waals surface area (Å²) in [6.45, 7) is 0.488. The van der Waals surface area contributed by atoms with Crippen molar-refractivity contribution in [2.45, 2.75) is 31.7 Å². The molecule has 0 spiro atoms. The number of amides is 2. The lowest BCUT2D eigenvalue weighted by Crippen LogP contribution is -2.39. The Morgan fingerprint density at radius 1 is 0.946 bits per heavy atom. The molecule has 0 bridgehead atoms. The molecule has 1 heterocycles. The second kappa shape index (κ2) is 14.3. The number of halogens is 1. The van der Waals surface area contributed by atoms with Crippen molar-refractivity contribution in [1.29, 1.82) is 0 Å². The van der Waals surface area contributed by atoms with Gasteiger partial charge in [0.2, 0.25) is 11.8 Å². The van der Waals surface area contributed by atoms with Gasteiger partial charge in [-0.25, -0.2) is 9.37 Å². The number of rotatable bonds is 13. The number of nitrogens with zero attached hydrogens (tertiary/aromatic N) is 1. The molecule has 37 heavy (non-hydrogen) atoms. The molecule has 1 aromatic heterocycles. The third-order valence-corrected chi connectivity index (χ3v) is 5.65. The van der Waals surface area contributed by atoms with Crippen molar-refractivity contribution in [3.05, 3.63) is 84.3 Å². The van der Waals surface area contributed by atoms with Gasteiger partial charge < -0.3 is 20.7 Å². The molecular weight excluding hydrogens is 475 g/mol. The lowest BCUT2D eigenvalue weighted by Gasteiger charge is -2.19. The number of ether oxygens (including phenoxy) is 1. The number of hydrogen-bond acceptors (Lipinski definition) is 6. The fourth-order valence-electron chi connectivity index (χ4n) is 3.69. The Morgan fingerprint density at radius 3 is 2.46 bits per heavy atom. The summed E-state index contributed by atoms with van der Waals surface area (Å²) in [7, 11) is 1.28. The van der Waals surface area contributed by atoms with E-state index in [1.54, 1.807) is 42.6 Å². The van der Waals surface area contributed by atoms with Crippen molar-refractivity contribution >= 4 is 23.6 Å². The monoisotopic (exact) mass is 506 g/mol. The van der Waals surface area contributed by atoms with E-state index in [4.69, 9.17) is 4.74 Å². The van der Waals surface area contributed by atoms with Crippen LogP contribution in [-0.2, 0) is 19.1 Å². The molecule has 0 aliphatic heterocycles. The predicted molar refractivity (Wildman–Crippen MR) is 139 cm³/mol. The number of esters is 1. The minimum atomic E-state index is -0.643. The Hall–Kier alpha value is -4.27. The number of methoxy groups -OCH3 is 1. The number of pyridine rings is 1. The predicted octanol–water partition coefficient (Wildman–Crippen LogP) is 4.01. The Labute approximate surface area is 215 Å². The van der Waals surface area contributed by atoms with Crippen molar-refractivity contribution in [3.63, 3.8) is 0 Å². The van der Waals surface area contributed by atoms with Crippen LogP contribution in [0.1, 0.15) is 37.3 Å². The molecule has 0 radical (unpaired) electrons. The van der Waals surface area contributed by atoms with Gasteiger partial charge in [0.15, 0.2) is 0 Å². The zero-order valence-electron chi connectivity index (χ0n) is 20.7. The third-order valence-electron chi connectivity index (χ3n) is 5.65. The number of unbranched alkanes of at least 4 members (excludes halogenated alkanes) is 1. The highest BCUT2D eigenvalue weighted by atomic mass is 19.1. The van der Waals surface area contributed by atoms with Crippen LogP contribution >= 0.6 is 0 Å². The molecule has 194 valence electrons. The minimum Gasteiger partial charge on any atom is -0.469 e. The molecule has 3 N–H and O–H groups in total. The highest BCUT2D eigenvalue weighted by molar-refractivity contribution is 5.85. The average Bonchev–Trinajstić information content (AvgIpc) is 2.92. The first-order valence-corrected chi connectivity index (χ1v) is 12.1. The van der Waals surface area contributed by atoms with Gasteiger partial charge in [-0.15, -0.1) is 0 Å². The van der Waals surface area contributed by atoms with Crippen LogP contribution in [-0.4, -0.2) is 43.0 Å². The average molecular weight is 507 g/mol. The Bertz CT molecular complexity index is 1170. The number of nitrogens with one attached hydrogen (secondary N) is 3. The van der Waals surface area contributed by atoms with E-state index in [0.717, 1.165) is 23.4 Å². The van der Waals surface area contributed by atoms with Crippen molar-refractivity contribution in [2.24, 2.45) is 0 Å². The van der Waals surface area contributed by atoms with Crippen LogP contribution in [0.15, 0.2) is 72.9 Å². The van der Waals surface area contributed by atoms with Gasteiger partial charge in [0.1, 0.15) is 11.6 Å². The van der Waals surface area contributed by atoms with Crippen molar-refractivity contribution in [1.82, 2.24) is 15.6 Å². The van der Waals surface area contributed by atoms with E-state index in [0.29, 0.717) is 24.9 Å². The van der Waals surface area contributed by atoms with E-state index in [-0.39, 0.29) is 24.7 Å². The molecule has 0 aliphatic carbocycles. The zero-order chi connectivity index (χ0) is 26.5. The SMILES string of the molecule is COC(=O)CC(NC(=O)CNC(=O)CCCCNc1ccccn1)c1ccc(-c2cccc(F)c2)cc1. The fraction of sp³-hybridized carbons (Fsp3) is 0.286. The van der Waals surface area contributed by atoms with Gasteiger partial charge >= 0.3 is 5.97 Å². The van der Waals surface area contributed by atoms with Gasteiger partial charge in [-0.05, 0) is 53.8 Å². The molecule has 8 nitrogen and oxygen atoms in total. The number of aromatic nitrogens is 1. The Balaban J connectivity index is 1.47. The van der Waals surface area contributed by atoms with Gasteiger partial charge in [0.25, 0.3) is 0 Å². The van der Waals surface area contributed by atoms with E-state index in [1.165, 1.54) is 19.2 Å². The van der Waals surface area contributed by atoms with Crippen LogP contribution in [0.4, 0.5) is 10.2 Å². The topological polar surface area (TPSA) is 109 Å². The number of anilines is 1. The summed E-state index contributed by atoms with van der Waals surface area (Å²) in [5, 5.41) is 8.58. The maximum atomic E-state index is 13.5. The molecule has 0 aliphatic rings. The summed E-state index contributed by atoms with van der Waals surface area (Å²) in [6.07, 6.45) is 3.38. The second-order valence-electron chi connectivity index (χ2n) is 8.41. The molecular formula is C28H31FN4O4. The first-order chi connectivity index (χ1) is 17.9. The van der Waals surface area contributed by atoms with Gasteiger partial charge in [-0.2, -0.15) is 0 Å². The second-order valence-corrected chi connectivity index (χ2v) is 8.41. The van der Waals surface area contributed by atoms with E-state index in [1.807, 2.05) is 18.2 Å². The highest BCUT2D eigenvalue weighted by Crippen LogP contribution is 2.24. The van der Waals surface area contributed by atoms with E-state index in [9.17, 15) is 18.8 Å². The molecule has 0 saturated carbocycles. The van der Waals surface area contributed by atoms with Gasteiger partial charge in [0, 0.05) is 19.2 Å². The van der Waals surface area contributed by atoms with Crippen molar-refractivity contribution in [2.75, 3.05) is 25.5 Å².